The molecule has 1 N–H and O–H groups in total. The van der Waals surface area contributed by atoms with Gasteiger partial charge in [-0.15, -0.1) is 0 Å². The Labute approximate surface area is 120 Å². The molecule has 0 amide bonds. The van der Waals surface area contributed by atoms with E-state index in [1.807, 2.05) is 54.6 Å². The molecule has 0 radical (unpaired) electrons. The maximum absolute atomic E-state index is 12.4. The van der Waals surface area contributed by atoms with Crippen LogP contribution in [0.25, 0.3) is 0 Å². The Hall–Kier alpha value is -1.73. The molecular weight excluding hydrogens is 269 g/mol. The standard InChI is InChI=1S/C16H20NO2P/c1-13(2)14-9-11-16(12-10-14)19-20(3,18)17-15-7-5-4-6-8-15/h4-13H,1-3H3,(H,17,18)/t20-/m1/s1. The second kappa shape index (κ2) is 6.15. The third kappa shape index (κ3) is 4.14. The van der Waals surface area contributed by atoms with Crippen molar-refractivity contribution in [2.24, 2.45) is 0 Å². The van der Waals surface area contributed by atoms with Gasteiger partial charge in [-0.1, -0.05) is 44.2 Å². The number of hydrogen-bond donors (Lipinski definition) is 1. The smallest absolute Gasteiger partial charge is 0.338 e. The Morgan fingerprint density at radius 2 is 1.60 bits per heavy atom. The van der Waals surface area contributed by atoms with E-state index in [1.165, 1.54) is 5.56 Å². The van der Waals surface area contributed by atoms with Gasteiger partial charge in [0, 0.05) is 12.4 Å². The van der Waals surface area contributed by atoms with Gasteiger partial charge in [-0.2, -0.15) is 0 Å². The van der Waals surface area contributed by atoms with Crippen molar-refractivity contribution < 1.29 is 9.09 Å². The molecule has 1 atom stereocenters. The maximum Gasteiger partial charge on any atom is 0.338 e. The first-order valence-electron chi connectivity index (χ1n) is 6.67. The summed E-state index contributed by atoms with van der Waals surface area (Å²) in [6.45, 7) is 5.85. The lowest BCUT2D eigenvalue weighted by Crippen LogP contribution is -2.02. The normalized spacial score (nSPS) is 13.8. The lowest BCUT2D eigenvalue weighted by Gasteiger charge is -2.17. The van der Waals surface area contributed by atoms with Crippen LogP contribution >= 0.6 is 7.52 Å². The zero-order valence-electron chi connectivity index (χ0n) is 12.0. The highest BCUT2D eigenvalue weighted by molar-refractivity contribution is 7.60. The monoisotopic (exact) mass is 289 g/mol. The maximum atomic E-state index is 12.4. The predicted octanol–water partition coefficient (Wildman–Crippen LogP) is 5.12. The van der Waals surface area contributed by atoms with Crippen LogP contribution in [0.1, 0.15) is 25.3 Å². The first-order chi connectivity index (χ1) is 9.46. The number of nitrogens with one attached hydrogen (secondary N) is 1. The van der Waals surface area contributed by atoms with Crippen molar-refractivity contribution in [3.05, 3.63) is 60.2 Å². The van der Waals surface area contributed by atoms with Gasteiger partial charge in [0.05, 0.1) is 0 Å². The molecule has 0 bridgehead atoms. The Kier molecular flexibility index (Phi) is 4.51. The van der Waals surface area contributed by atoms with Crippen LogP contribution in [0.3, 0.4) is 0 Å². The van der Waals surface area contributed by atoms with Crippen LogP contribution in [-0.4, -0.2) is 6.66 Å². The molecule has 0 aliphatic rings. The first kappa shape index (κ1) is 14.7. The topological polar surface area (TPSA) is 38.3 Å². The van der Waals surface area contributed by atoms with E-state index in [0.717, 1.165) is 5.69 Å². The van der Waals surface area contributed by atoms with Crippen LogP contribution in [0, 0.1) is 0 Å². The molecule has 0 aliphatic heterocycles. The second-order valence-corrected chi connectivity index (χ2v) is 7.24. The molecule has 3 nitrogen and oxygen atoms in total. The summed E-state index contributed by atoms with van der Waals surface area (Å²) in [5, 5.41) is 2.94. The molecule has 0 heterocycles. The molecule has 2 aromatic rings. The fraction of sp³-hybridized carbons (Fsp3) is 0.250. The molecule has 0 saturated carbocycles. The van der Waals surface area contributed by atoms with Crippen LogP contribution in [0.15, 0.2) is 54.6 Å². The van der Waals surface area contributed by atoms with Gasteiger partial charge in [-0.25, -0.2) is 0 Å². The largest absolute Gasteiger partial charge is 0.429 e. The third-order valence-corrected chi connectivity index (χ3v) is 4.16. The Morgan fingerprint density at radius 3 is 2.15 bits per heavy atom. The van der Waals surface area contributed by atoms with E-state index in [-0.39, 0.29) is 0 Å². The Morgan fingerprint density at radius 1 is 1.00 bits per heavy atom. The molecule has 2 rings (SSSR count). The van der Waals surface area contributed by atoms with Crippen molar-refractivity contribution >= 4 is 13.2 Å². The number of anilines is 1. The number of hydrogen-bond acceptors (Lipinski definition) is 2. The van der Waals surface area contributed by atoms with Crippen molar-refractivity contribution in [1.29, 1.82) is 0 Å². The second-order valence-electron chi connectivity index (χ2n) is 5.14. The van der Waals surface area contributed by atoms with Crippen LogP contribution in [0.5, 0.6) is 5.75 Å². The van der Waals surface area contributed by atoms with Crippen LogP contribution in [0.2, 0.25) is 0 Å². The molecule has 0 fully saturated rings. The first-order valence-corrected chi connectivity index (χ1v) is 8.74. The quantitative estimate of drug-likeness (QED) is 0.776. The van der Waals surface area contributed by atoms with E-state index in [4.69, 9.17) is 4.52 Å². The Balaban J connectivity index is 2.06. The average molecular weight is 289 g/mol. The minimum Gasteiger partial charge on any atom is -0.429 e. The molecule has 2 aromatic carbocycles. The molecule has 106 valence electrons. The fourth-order valence-electron chi connectivity index (χ4n) is 1.88. The van der Waals surface area contributed by atoms with E-state index in [0.29, 0.717) is 11.7 Å². The zero-order valence-corrected chi connectivity index (χ0v) is 12.9. The highest BCUT2D eigenvalue weighted by atomic mass is 31.2. The number of rotatable bonds is 5. The minimum atomic E-state index is -2.93. The molecule has 20 heavy (non-hydrogen) atoms. The van der Waals surface area contributed by atoms with Gasteiger partial charge in [0.25, 0.3) is 0 Å². The van der Waals surface area contributed by atoms with Crippen LogP contribution in [-0.2, 0) is 4.57 Å². The van der Waals surface area contributed by atoms with E-state index in [1.54, 1.807) is 6.66 Å². The summed E-state index contributed by atoms with van der Waals surface area (Å²) < 4.78 is 18.0. The van der Waals surface area contributed by atoms with Crippen molar-refractivity contribution in [2.75, 3.05) is 11.8 Å². The average Bonchev–Trinajstić information content (AvgIpc) is 2.39. The lowest BCUT2D eigenvalue weighted by atomic mass is 10.0. The van der Waals surface area contributed by atoms with Gasteiger partial charge in [-0.3, -0.25) is 4.57 Å². The van der Waals surface area contributed by atoms with Crippen LogP contribution in [0.4, 0.5) is 5.69 Å². The number of benzene rings is 2. The van der Waals surface area contributed by atoms with E-state index in [2.05, 4.69) is 18.9 Å². The summed E-state index contributed by atoms with van der Waals surface area (Å²) in [7, 11) is -2.93. The zero-order chi connectivity index (χ0) is 14.6. The van der Waals surface area contributed by atoms with Gasteiger partial charge in [0.15, 0.2) is 0 Å². The van der Waals surface area contributed by atoms with Gasteiger partial charge >= 0.3 is 7.52 Å². The molecule has 0 spiro atoms. The molecule has 0 aromatic heterocycles. The highest BCUT2D eigenvalue weighted by Gasteiger charge is 2.17. The van der Waals surface area contributed by atoms with Crippen molar-refractivity contribution in [3.63, 3.8) is 0 Å². The summed E-state index contributed by atoms with van der Waals surface area (Å²) >= 11 is 0. The van der Waals surface area contributed by atoms with E-state index >= 15 is 0 Å². The molecular formula is C16H20NO2P. The summed E-state index contributed by atoms with van der Waals surface area (Å²) in [6, 6.07) is 17.1. The molecule has 0 unspecified atom stereocenters. The summed E-state index contributed by atoms with van der Waals surface area (Å²) in [4.78, 5) is 0. The van der Waals surface area contributed by atoms with Crippen molar-refractivity contribution in [2.45, 2.75) is 19.8 Å². The summed E-state index contributed by atoms with van der Waals surface area (Å²) in [5.74, 6) is 1.09. The molecule has 4 heteroatoms. The summed E-state index contributed by atoms with van der Waals surface area (Å²) in [6.07, 6.45) is 0. The third-order valence-electron chi connectivity index (χ3n) is 2.93. The van der Waals surface area contributed by atoms with Gasteiger partial charge < -0.3 is 9.61 Å². The Bertz CT molecular complexity index is 594. The SMILES string of the molecule is CC(C)c1ccc(O[P@@](C)(=O)Nc2ccccc2)cc1. The molecule has 0 saturated heterocycles. The predicted molar refractivity (Wildman–Crippen MR) is 84.8 cm³/mol. The highest BCUT2D eigenvalue weighted by Crippen LogP contribution is 2.43. The summed E-state index contributed by atoms with van der Waals surface area (Å²) in [5.41, 5.74) is 2.02. The molecule has 0 aliphatic carbocycles. The van der Waals surface area contributed by atoms with Gasteiger partial charge in [0.1, 0.15) is 5.75 Å². The van der Waals surface area contributed by atoms with Gasteiger partial charge in [-0.05, 0) is 35.7 Å². The van der Waals surface area contributed by atoms with Crippen molar-refractivity contribution in [1.82, 2.24) is 0 Å². The van der Waals surface area contributed by atoms with E-state index in [9.17, 15) is 4.57 Å². The fourth-order valence-corrected chi connectivity index (χ4v) is 3.07. The minimum absolute atomic E-state index is 0.472. The van der Waals surface area contributed by atoms with Crippen molar-refractivity contribution in [3.8, 4) is 5.75 Å². The van der Waals surface area contributed by atoms with E-state index < -0.39 is 7.52 Å². The van der Waals surface area contributed by atoms with Gasteiger partial charge in [0.2, 0.25) is 0 Å². The van der Waals surface area contributed by atoms with Crippen LogP contribution < -0.4 is 9.61 Å². The lowest BCUT2D eigenvalue weighted by molar-refractivity contribution is 0.493. The number of para-hydroxylation sites is 1.